The molecular formula is C14H11ClFNO. The highest BCUT2D eigenvalue weighted by Crippen LogP contribution is 2.24. The van der Waals surface area contributed by atoms with Crippen molar-refractivity contribution in [2.75, 3.05) is 12.4 Å². The molecule has 0 spiro atoms. The van der Waals surface area contributed by atoms with Crippen LogP contribution < -0.4 is 5.32 Å². The summed E-state index contributed by atoms with van der Waals surface area (Å²) in [4.78, 5) is 12.3. The summed E-state index contributed by atoms with van der Waals surface area (Å²) in [6, 6.07) is 10.8. The molecule has 0 bridgehead atoms. The molecule has 0 aliphatic heterocycles. The van der Waals surface area contributed by atoms with Gasteiger partial charge < -0.3 is 5.32 Å². The predicted molar refractivity (Wildman–Crippen MR) is 70.8 cm³/mol. The maximum absolute atomic E-state index is 13.6. The van der Waals surface area contributed by atoms with Crippen molar-refractivity contribution in [2.24, 2.45) is 0 Å². The molecule has 0 aromatic heterocycles. The number of rotatable bonds is 3. The van der Waals surface area contributed by atoms with Crippen molar-refractivity contribution >= 4 is 23.1 Å². The number of carbonyl (C=O) groups excluding carboxylic acids is 1. The number of ketones is 1. The van der Waals surface area contributed by atoms with Gasteiger partial charge >= 0.3 is 0 Å². The Balaban J connectivity index is 2.52. The Morgan fingerprint density at radius 1 is 1.17 bits per heavy atom. The van der Waals surface area contributed by atoms with Crippen LogP contribution in [0.1, 0.15) is 15.9 Å². The first-order valence-electron chi connectivity index (χ1n) is 5.40. The smallest absolute Gasteiger partial charge is 0.198 e. The highest BCUT2D eigenvalue weighted by Gasteiger charge is 2.16. The fourth-order valence-electron chi connectivity index (χ4n) is 1.71. The van der Waals surface area contributed by atoms with Crippen LogP contribution in [0.4, 0.5) is 10.1 Å². The molecule has 0 radical (unpaired) electrons. The highest BCUT2D eigenvalue weighted by molar-refractivity contribution is 6.31. The summed E-state index contributed by atoms with van der Waals surface area (Å²) in [5.74, 6) is -0.926. The van der Waals surface area contributed by atoms with E-state index in [1.54, 1.807) is 31.3 Å². The van der Waals surface area contributed by atoms with E-state index in [4.69, 9.17) is 11.6 Å². The van der Waals surface area contributed by atoms with Gasteiger partial charge in [-0.1, -0.05) is 23.7 Å². The average Bonchev–Trinajstić information content (AvgIpc) is 2.38. The summed E-state index contributed by atoms with van der Waals surface area (Å²) in [7, 11) is 1.70. The fourth-order valence-corrected chi connectivity index (χ4v) is 1.88. The van der Waals surface area contributed by atoms with Gasteiger partial charge in [-0.3, -0.25) is 4.79 Å². The van der Waals surface area contributed by atoms with Gasteiger partial charge in [-0.05, 0) is 30.3 Å². The third kappa shape index (κ3) is 2.36. The topological polar surface area (TPSA) is 29.1 Å². The van der Waals surface area contributed by atoms with Crippen LogP contribution in [-0.4, -0.2) is 12.8 Å². The summed E-state index contributed by atoms with van der Waals surface area (Å²) in [6.45, 7) is 0. The largest absolute Gasteiger partial charge is 0.388 e. The fraction of sp³-hybridized carbons (Fsp3) is 0.0714. The summed E-state index contributed by atoms with van der Waals surface area (Å²) >= 11 is 5.87. The second-order valence-electron chi connectivity index (χ2n) is 3.75. The zero-order valence-corrected chi connectivity index (χ0v) is 10.5. The van der Waals surface area contributed by atoms with Crippen LogP contribution >= 0.6 is 11.6 Å². The molecule has 0 atom stereocenters. The maximum atomic E-state index is 13.6. The Bertz CT molecular complexity index is 598. The molecule has 0 unspecified atom stereocenters. The van der Waals surface area contributed by atoms with Gasteiger partial charge in [0.15, 0.2) is 5.78 Å². The minimum absolute atomic E-state index is 0.0382. The second-order valence-corrected chi connectivity index (χ2v) is 4.19. The molecule has 0 heterocycles. The van der Waals surface area contributed by atoms with Gasteiger partial charge in [0.2, 0.25) is 0 Å². The monoisotopic (exact) mass is 263 g/mol. The molecule has 0 aliphatic rings. The Hall–Kier alpha value is -1.87. The number of nitrogens with one attached hydrogen (secondary N) is 1. The first-order valence-corrected chi connectivity index (χ1v) is 5.78. The molecule has 0 saturated carbocycles. The molecule has 18 heavy (non-hydrogen) atoms. The molecule has 2 rings (SSSR count). The lowest BCUT2D eigenvalue weighted by Gasteiger charge is -2.09. The van der Waals surface area contributed by atoms with Crippen LogP contribution in [0.5, 0.6) is 0 Å². The molecule has 2 aromatic rings. The predicted octanol–water partition coefficient (Wildman–Crippen LogP) is 3.75. The number of benzene rings is 2. The van der Waals surface area contributed by atoms with E-state index in [0.717, 1.165) is 0 Å². The lowest BCUT2D eigenvalue weighted by atomic mass is 10.0. The van der Waals surface area contributed by atoms with Crippen molar-refractivity contribution in [3.63, 3.8) is 0 Å². The van der Waals surface area contributed by atoms with E-state index in [9.17, 15) is 9.18 Å². The SMILES string of the molecule is CNc1ccc(Cl)cc1C(=O)c1ccccc1F. The highest BCUT2D eigenvalue weighted by atomic mass is 35.5. The lowest BCUT2D eigenvalue weighted by molar-refractivity contribution is 0.103. The Morgan fingerprint density at radius 2 is 1.89 bits per heavy atom. The number of carbonyl (C=O) groups is 1. The molecule has 0 fully saturated rings. The second kappa shape index (κ2) is 5.19. The van der Waals surface area contributed by atoms with Crippen molar-refractivity contribution in [1.82, 2.24) is 0 Å². The van der Waals surface area contributed by atoms with E-state index in [1.165, 1.54) is 18.2 Å². The van der Waals surface area contributed by atoms with Crippen molar-refractivity contribution in [3.05, 3.63) is 64.4 Å². The van der Waals surface area contributed by atoms with Crippen LogP contribution in [0.2, 0.25) is 5.02 Å². The van der Waals surface area contributed by atoms with Crippen molar-refractivity contribution in [3.8, 4) is 0 Å². The van der Waals surface area contributed by atoms with Crippen LogP contribution in [0.3, 0.4) is 0 Å². The lowest BCUT2D eigenvalue weighted by Crippen LogP contribution is -2.07. The van der Waals surface area contributed by atoms with E-state index in [1.807, 2.05) is 0 Å². The first kappa shape index (κ1) is 12.6. The Labute approximate surface area is 109 Å². The van der Waals surface area contributed by atoms with Gasteiger partial charge in [0.25, 0.3) is 0 Å². The Kier molecular flexibility index (Phi) is 3.63. The third-order valence-electron chi connectivity index (χ3n) is 2.61. The molecule has 92 valence electrons. The van der Waals surface area contributed by atoms with Gasteiger partial charge in [0.05, 0.1) is 5.56 Å². The van der Waals surface area contributed by atoms with Crippen LogP contribution in [0, 0.1) is 5.82 Å². The average molecular weight is 264 g/mol. The molecule has 0 aliphatic carbocycles. The minimum atomic E-state index is -0.537. The van der Waals surface area contributed by atoms with E-state index in [-0.39, 0.29) is 11.3 Å². The number of hydrogen-bond acceptors (Lipinski definition) is 2. The van der Waals surface area contributed by atoms with Gasteiger partial charge in [-0.2, -0.15) is 0 Å². The van der Waals surface area contributed by atoms with Gasteiger partial charge in [-0.25, -0.2) is 4.39 Å². The van der Waals surface area contributed by atoms with Gasteiger partial charge in [0, 0.05) is 23.3 Å². The van der Waals surface area contributed by atoms with Gasteiger partial charge in [-0.15, -0.1) is 0 Å². The molecule has 0 amide bonds. The molecule has 2 aromatic carbocycles. The first-order chi connectivity index (χ1) is 8.63. The molecule has 2 nitrogen and oxygen atoms in total. The molecule has 0 saturated heterocycles. The number of halogens is 2. The minimum Gasteiger partial charge on any atom is -0.388 e. The summed E-state index contributed by atoms with van der Waals surface area (Å²) in [5, 5.41) is 3.33. The van der Waals surface area contributed by atoms with Crippen molar-refractivity contribution in [1.29, 1.82) is 0 Å². The number of hydrogen-bond donors (Lipinski definition) is 1. The molecule has 1 N–H and O–H groups in total. The van der Waals surface area contributed by atoms with E-state index >= 15 is 0 Å². The quantitative estimate of drug-likeness (QED) is 0.855. The summed E-state index contributed by atoms with van der Waals surface area (Å²) in [5.41, 5.74) is 1.01. The number of anilines is 1. The summed E-state index contributed by atoms with van der Waals surface area (Å²) in [6.07, 6.45) is 0. The van der Waals surface area contributed by atoms with Gasteiger partial charge in [0.1, 0.15) is 5.82 Å². The van der Waals surface area contributed by atoms with E-state index < -0.39 is 5.82 Å². The van der Waals surface area contributed by atoms with Crippen LogP contribution in [0.25, 0.3) is 0 Å². The normalized spacial score (nSPS) is 10.2. The van der Waals surface area contributed by atoms with Crippen molar-refractivity contribution < 1.29 is 9.18 Å². The zero-order chi connectivity index (χ0) is 13.1. The summed E-state index contributed by atoms with van der Waals surface area (Å²) < 4.78 is 13.6. The maximum Gasteiger partial charge on any atom is 0.198 e. The molecule has 4 heteroatoms. The Morgan fingerprint density at radius 3 is 2.56 bits per heavy atom. The van der Waals surface area contributed by atoms with E-state index in [0.29, 0.717) is 16.3 Å². The van der Waals surface area contributed by atoms with E-state index in [2.05, 4.69) is 5.32 Å². The zero-order valence-electron chi connectivity index (χ0n) is 9.71. The standard InChI is InChI=1S/C14H11ClFNO/c1-17-13-7-6-9(15)8-11(13)14(18)10-4-2-3-5-12(10)16/h2-8,17H,1H3. The van der Waals surface area contributed by atoms with Crippen LogP contribution in [0.15, 0.2) is 42.5 Å². The third-order valence-corrected chi connectivity index (χ3v) is 2.85. The van der Waals surface area contributed by atoms with Crippen molar-refractivity contribution in [2.45, 2.75) is 0 Å². The molecular weight excluding hydrogens is 253 g/mol. The van der Waals surface area contributed by atoms with Crippen LogP contribution in [-0.2, 0) is 0 Å².